The van der Waals surface area contributed by atoms with Gasteiger partial charge in [0.2, 0.25) is 0 Å². The summed E-state index contributed by atoms with van der Waals surface area (Å²) in [4.78, 5) is 0. The van der Waals surface area contributed by atoms with Crippen molar-refractivity contribution >= 4 is 0 Å². The quantitative estimate of drug-likeness (QED) is 0.633. The molecule has 0 bridgehead atoms. The first kappa shape index (κ1) is 10.5. The van der Waals surface area contributed by atoms with E-state index in [0.717, 1.165) is 11.8 Å². The standard InChI is InChI=1S/C13H25N/c1-2-4-7-12(6-3-1)13-8-5-10-14-11-9-13/h12-14H,1-11H2. The predicted molar refractivity (Wildman–Crippen MR) is 61.4 cm³/mol. The van der Waals surface area contributed by atoms with Gasteiger partial charge in [-0.05, 0) is 44.2 Å². The van der Waals surface area contributed by atoms with Crippen molar-refractivity contribution in [1.82, 2.24) is 5.32 Å². The topological polar surface area (TPSA) is 12.0 Å². The van der Waals surface area contributed by atoms with Crippen LogP contribution in [-0.2, 0) is 0 Å². The fraction of sp³-hybridized carbons (Fsp3) is 1.00. The van der Waals surface area contributed by atoms with Crippen LogP contribution in [0.2, 0.25) is 0 Å². The molecule has 1 unspecified atom stereocenters. The minimum atomic E-state index is 1.06. The molecule has 2 fully saturated rings. The van der Waals surface area contributed by atoms with Gasteiger partial charge in [-0.15, -0.1) is 0 Å². The molecule has 0 aromatic rings. The van der Waals surface area contributed by atoms with Crippen LogP contribution < -0.4 is 5.32 Å². The first-order valence-electron chi connectivity index (χ1n) is 6.67. The Kier molecular flexibility index (Phi) is 4.30. The number of hydrogen-bond donors (Lipinski definition) is 1. The van der Waals surface area contributed by atoms with Gasteiger partial charge in [-0.1, -0.05) is 38.5 Å². The molecule has 1 N–H and O–H groups in total. The number of nitrogens with one attached hydrogen (secondary N) is 1. The summed E-state index contributed by atoms with van der Waals surface area (Å²) in [6.07, 6.45) is 13.4. The highest BCUT2D eigenvalue weighted by Crippen LogP contribution is 2.33. The predicted octanol–water partition coefficient (Wildman–Crippen LogP) is 3.35. The van der Waals surface area contributed by atoms with Gasteiger partial charge in [0.1, 0.15) is 0 Å². The Bertz CT molecular complexity index is 121. The zero-order chi connectivity index (χ0) is 9.64. The van der Waals surface area contributed by atoms with Gasteiger partial charge in [0.05, 0.1) is 0 Å². The summed E-state index contributed by atoms with van der Waals surface area (Å²) in [6.45, 7) is 2.55. The smallest absolute Gasteiger partial charge is 0.00462 e. The highest BCUT2D eigenvalue weighted by Gasteiger charge is 2.23. The molecule has 1 nitrogen and oxygen atoms in total. The maximum Gasteiger partial charge on any atom is -0.00462 e. The van der Waals surface area contributed by atoms with Crippen LogP contribution in [0, 0.1) is 11.8 Å². The minimum absolute atomic E-state index is 1.06. The SMILES string of the molecule is C1CCCC(C2CCCNCC2)CC1. The first-order valence-corrected chi connectivity index (χ1v) is 6.67. The third kappa shape index (κ3) is 2.98. The van der Waals surface area contributed by atoms with Crippen LogP contribution in [0.1, 0.15) is 57.8 Å². The number of hydrogen-bond acceptors (Lipinski definition) is 1. The van der Waals surface area contributed by atoms with Gasteiger partial charge in [-0.25, -0.2) is 0 Å². The van der Waals surface area contributed by atoms with E-state index in [0.29, 0.717) is 0 Å². The van der Waals surface area contributed by atoms with Crippen molar-refractivity contribution in [2.24, 2.45) is 11.8 Å². The maximum absolute atomic E-state index is 3.53. The second-order valence-corrected chi connectivity index (χ2v) is 5.19. The zero-order valence-corrected chi connectivity index (χ0v) is 9.43. The maximum atomic E-state index is 3.53. The van der Waals surface area contributed by atoms with E-state index in [1.54, 1.807) is 0 Å². The Morgan fingerprint density at radius 1 is 0.571 bits per heavy atom. The monoisotopic (exact) mass is 195 g/mol. The van der Waals surface area contributed by atoms with E-state index in [-0.39, 0.29) is 0 Å². The van der Waals surface area contributed by atoms with Crippen molar-refractivity contribution < 1.29 is 0 Å². The van der Waals surface area contributed by atoms with Gasteiger partial charge in [-0.3, -0.25) is 0 Å². The molecule has 1 heterocycles. The summed E-state index contributed by atoms with van der Waals surface area (Å²) in [5.41, 5.74) is 0. The molecule has 1 atom stereocenters. The lowest BCUT2D eigenvalue weighted by molar-refractivity contribution is 0.274. The summed E-state index contributed by atoms with van der Waals surface area (Å²) in [6, 6.07) is 0. The second kappa shape index (κ2) is 5.75. The highest BCUT2D eigenvalue weighted by molar-refractivity contribution is 4.76. The largest absolute Gasteiger partial charge is 0.317 e. The lowest BCUT2D eigenvalue weighted by atomic mass is 9.82. The fourth-order valence-electron chi connectivity index (χ4n) is 3.30. The van der Waals surface area contributed by atoms with Crippen LogP contribution in [0.15, 0.2) is 0 Å². The molecule has 82 valence electrons. The molecule has 1 saturated carbocycles. The molecule has 0 aromatic heterocycles. The van der Waals surface area contributed by atoms with Crippen molar-refractivity contribution in [3.8, 4) is 0 Å². The molecule has 0 amide bonds. The molecule has 2 aliphatic rings. The summed E-state index contributed by atoms with van der Waals surface area (Å²) in [5.74, 6) is 2.14. The average molecular weight is 195 g/mol. The summed E-state index contributed by atoms with van der Waals surface area (Å²) >= 11 is 0. The molecule has 1 aliphatic carbocycles. The van der Waals surface area contributed by atoms with Crippen molar-refractivity contribution in [3.05, 3.63) is 0 Å². The van der Waals surface area contributed by atoms with Crippen molar-refractivity contribution in [2.45, 2.75) is 57.8 Å². The Hall–Kier alpha value is -0.0400. The van der Waals surface area contributed by atoms with Crippen LogP contribution >= 0.6 is 0 Å². The molecule has 0 radical (unpaired) electrons. The normalized spacial score (nSPS) is 32.1. The summed E-state index contributed by atoms with van der Waals surface area (Å²) in [7, 11) is 0. The Balaban J connectivity index is 1.83. The van der Waals surface area contributed by atoms with Crippen LogP contribution in [0.3, 0.4) is 0 Å². The van der Waals surface area contributed by atoms with Gasteiger partial charge < -0.3 is 5.32 Å². The third-order valence-electron chi connectivity index (χ3n) is 4.19. The third-order valence-corrected chi connectivity index (χ3v) is 4.19. The number of rotatable bonds is 1. The van der Waals surface area contributed by atoms with Crippen molar-refractivity contribution in [3.63, 3.8) is 0 Å². The van der Waals surface area contributed by atoms with E-state index in [1.165, 1.54) is 70.9 Å². The summed E-state index contributed by atoms with van der Waals surface area (Å²) < 4.78 is 0. The molecule has 0 aromatic carbocycles. The van der Waals surface area contributed by atoms with Crippen LogP contribution in [-0.4, -0.2) is 13.1 Å². The van der Waals surface area contributed by atoms with Gasteiger partial charge in [0.15, 0.2) is 0 Å². The van der Waals surface area contributed by atoms with E-state index in [2.05, 4.69) is 5.32 Å². The van der Waals surface area contributed by atoms with E-state index in [1.807, 2.05) is 0 Å². The lowest BCUT2D eigenvalue weighted by Crippen LogP contribution is -2.17. The van der Waals surface area contributed by atoms with Crippen LogP contribution in [0.5, 0.6) is 0 Å². The van der Waals surface area contributed by atoms with Crippen molar-refractivity contribution in [1.29, 1.82) is 0 Å². The van der Waals surface area contributed by atoms with Gasteiger partial charge in [0, 0.05) is 0 Å². The molecule has 2 rings (SSSR count). The van der Waals surface area contributed by atoms with E-state index < -0.39 is 0 Å². The highest BCUT2D eigenvalue weighted by atomic mass is 14.8. The second-order valence-electron chi connectivity index (χ2n) is 5.19. The Morgan fingerprint density at radius 3 is 2.00 bits per heavy atom. The molecule has 1 heteroatoms. The van der Waals surface area contributed by atoms with Crippen LogP contribution in [0.25, 0.3) is 0 Å². The molecule has 0 spiro atoms. The fourth-order valence-corrected chi connectivity index (χ4v) is 3.30. The van der Waals surface area contributed by atoms with Crippen molar-refractivity contribution in [2.75, 3.05) is 13.1 Å². The lowest BCUT2D eigenvalue weighted by Gasteiger charge is -2.24. The van der Waals surface area contributed by atoms with Gasteiger partial charge >= 0.3 is 0 Å². The minimum Gasteiger partial charge on any atom is -0.317 e. The molecular formula is C13H25N. The summed E-state index contributed by atoms with van der Waals surface area (Å²) in [5, 5.41) is 3.53. The van der Waals surface area contributed by atoms with Gasteiger partial charge in [0.25, 0.3) is 0 Å². The zero-order valence-electron chi connectivity index (χ0n) is 9.43. The van der Waals surface area contributed by atoms with Gasteiger partial charge in [-0.2, -0.15) is 0 Å². The van der Waals surface area contributed by atoms with E-state index in [9.17, 15) is 0 Å². The average Bonchev–Trinajstić information content (AvgIpc) is 2.62. The van der Waals surface area contributed by atoms with E-state index >= 15 is 0 Å². The molecular weight excluding hydrogens is 170 g/mol. The molecule has 14 heavy (non-hydrogen) atoms. The van der Waals surface area contributed by atoms with E-state index in [4.69, 9.17) is 0 Å². The first-order chi connectivity index (χ1) is 6.97. The van der Waals surface area contributed by atoms with Crippen LogP contribution in [0.4, 0.5) is 0 Å². The Labute approximate surface area is 88.7 Å². The Morgan fingerprint density at radius 2 is 1.21 bits per heavy atom. The molecule has 1 saturated heterocycles. The molecule has 1 aliphatic heterocycles.